The highest BCUT2D eigenvalue weighted by Crippen LogP contribution is 2.31. The zero-order chi connectivity index (χ0) is 57.3. The van der Waals surface area contributed by atoms with Crippen molar-refractivity contribution in [2.24, 2.45) is 0 Å². The van der Waals surface area contributed by atoms with Gasteiger partial charge in [0, 0.05) is 61.7 Å². The third-order valence-corrected chi connectivity index (χ3v) is 16.4. The molecule has 0 aromatic heterocycles. The summed E-state index contributed by atoms with van der Waals surface area (Å²) >= 11 is 13.6. The molecular formula is C64H64Cl2N8O8. The summed E-state index contributed by atoms with van der Waals surface area (Å²) < 4.78 is 0. The van der Waals surface area contributed by atoms with Gasteiger partial charge in [-0.1, -0.05) is 163 Å². The molecule has 0 bridgehead atoms. The maximum atomic E-state index is 15.0. The number of fused-ring (bicyclic) bond motifs is 2. The van der Waals surface area contributed by atoms with Crippen LogP contribution in [0, 0.1) is 0 Å². The smallest absolute Gasteiger partial charge is 0.246 e. The summed E-state index contributed by atoms with van der Waals surface area (Å²) in [6.45, 7) is 0.570. The molecule has 4 aliphatic heterocycles. The molecule has 0 radical (unpaired) electrons. The van der Waals surface area contributed by atoms with E-state index in [1.165, 1.54) is 9.80 Å². The van der Waals surface area contributed by atoms with Crippen molar-refractivity contribution in [1.82, 2.24) is 41.7 Å². The molecule has 4 aliphatic rings. The molecule has 0 aliphatic carbocycles. The molecule has 16 nitrogen and oxygen atoms in total. The van der Waals surface area contributed by atoms with E-state index in [0.29, 0.717) is 65.1 Å². The number of nitrogens with one attached hydrogen (secondary N) is 6. The number of hydrogen-bond acceptors (Lipinski definition) is 8. The number of carbonyl (C=O) groups is 8. The fourth-order valence-electron chi connectivity index (χ4n) is 11.6. The van der Waals surface area contributed by atoms with Crippen LogP contribution >= 0.6 is 23.2 Å². The van der Waals surface area contributed by atoms with Crippen LogP contribution < -0.4 is 31.9 Å². The Kier molecular flexibility index (Phi) is 18.1. The SMILES string of the molecule is O=C1N[C@H](Cc2cccc(Cl)c2)C(=O)N[C@@H](Cc2ccccc2-c2ccc(C[C@H]3NC(=O)[C@H](Cc4ccccc4)NC(=O)[C@H]4CCCN4C(=O)[C@H](Cc4ccccc4)NC3=O)c(Cl)c2)C(=O)N2CCC[C@@H]2C(=O)N[C@H]1Cc1ccccc1. The number of rotatable bonds is 13. The second-order valence-electron chi connectivity index (χ2n) is 21.5. The van der Waals surface area contributed by atoms with Crippen LogP contribution in [0.4, 0.5) is 0 Å². The Balaban J connectivity index is 0.939. The predicted octanol–water partition coefficient (Wildman–Crippen LogP) is 5.63. The van der Waals surface area contributed by atoms with Crippen LogP contribution in [-0.2, 0) is 76.9 Å². The number of carbonyl (C=O) groups excluding carboxylic acids is 8. The summed E-state index contributed by atoms with van der Waals surface area (Å²) in [4.78, 5) is 119. The molecule has 82 heavy (non-hydrogen) atoms. The molecule has 422 valence electrons. The van der Waals surface area contributed by atoms with Crippen molar-refractivity contribution in [3.63, 3.8) is 0 Å². The van der Waals surface area contributed by atoms with E-state index < -0.39 is 95.6 Å². The highest BCUT2D eigenvalue weighted by atomic mass is 35.5. The minimum Gasteiger partial charge on any atom is -0.342 e. The lowest BCUT2D eigenvalue weighted by molar-refractivity contribution is -0.143. The quantitative estimate of drug-likeness (QED) is 0.0850. The standard InChI is InChI=1S/C64H64Cl2N8O8/c65-46-23-12-21-42(31-46)35-51-59(77)72-54(64(82)74-30-14-26-56(74)62(80)69-49(57(75)67-51)32-39-15-4-1-5-16-39)37-43-22-10-11-24-47(43)44-27-28-45(48(66)36-44)38-52-60(78)71-53(34-41-19-8-3-9-20-41)63(81)73-29-13-25-55(73)61(79)70-50(58(76)68-52)33-40-17-6-2-7-18-40/h1-12,15-24,27-28,31,36,49-56H,13-14,25-26,29-30,32-35,37-38H2,(H,67,75)(H,68,76)(H,69,80)(H,70,79)(H,71,78)(H,72,77)/t49-,50-,51+,52+,53-,54-,55+,56+/m0/s1. The molecule has 10 rings (SSSR count). The average Bonchev–Trinajstić information content (AvgIpc) is 4.27. The van der Waals surface area contributed by atoms with Crippen molar-refractivity contribution in [2.45, 2.75) is 113 Å². The van der Waals surface area contributed by atoms with E-state index in [1.807, 2.05) is 121 Å². The van der Waals surface area contributed by atoms with E-state index in [-0.39, 0.29) is 50.1 Å². The van der Waals surface area contributed by atoms with Crippen molar-refractivity contribution < 1.29 is 38.4 Å². The van der Waals surface area contributed by atoms with Gasteiger partial charge >= 0.3 is 0 Å². The van der Waals surface area contributed by atoms with Crippen LogP contribution in [0.5, 0.6) is 0 Å². The topological polar surface area (TPSA) is 215 Å². The third kappa shape index (κ3) is 13.7. The summed E-state index contributed by atoms with van der Waals surface area (Å²) in [6.07, 6.45) is 2.19. The summed E-state index contributed by atoms with van der Waals surface area (Å²) in [5.41, 5.74) is 5.48. The second-order valence-corrected chi connectivity index (χ2v) is 22.4. The number of benzene rings is 6. The fourth-order valence-corrected chi connectivity index (χ4v) is 12.1. The van der Waals surface area contributed by atoms with Gasteiger partial charge < -0.3 is 41.7 Å². The van der Waals surface area contributed by atoms with Crippen LogP contribution in [0.3, 0.4) is 0 Å². The summed E-state index contributed by atoms with van der Waals surface area (Å²) in [5.74, 6) is -4.15. The monoisotopic (exact) mass is 1140 g/mol. The zero-order valence-corrected chi connectivity index (χ0v) is 46.5. The van der Waals surface area contributed by atoms with Crippen molar-refractivity contribution in [2.75, 3.05) is 13.1 Å². The Morgan fingerprint density at radius 3 is 1.24 bits per heavy atom. The van der Waals surface area contributed by atoms with Gasteiger partial charge in [-0.3, -0.25) is 38.4 Å². The van der Waals surface area contributed by atoms with Gasteiger partial charge in [-0.05, 0) is 88.4 Å². The van der Waals surface area contributed by atoms with E-state index in [4.69, 9.17) is 23.2 Å². The minimum absolute atomic E-state index is 0.0184. The van der Waals surface area contributed by atoms with Gasteiger partial charge in [0.05, 0.1) is 0 Å². The first-order chi connectivity index (χ1) is 39.7. The van der Waals surface area contributed by atoms with E-state index in [1.54, 1.807) is 36.4 Å². The summed E-state index contributed by atoms with van der Waals surface area (Å²) in [7, 11) is 0. The maximum Gasteiger partial charge on any atom is 0.246 e. The third-order valence-electron chi connectivity index (χ3n) is 15.8. The highest BCUT2D eigenvalue weighted by Gasteiger charge is 2.43. The minimum atomic E-state index is -1.26. The first-order valence-electron chi connectivity index (χ1n) is 27.9. The van der Waals surface area contributed by atoms with Crippen LogP contribution in [0.25, 0.3) is 11.1 Å². The van der Waals surface area contributed by atoms with Crippen molar-refractivity contribution in [1.29, 1.82) is 0 Å². The largest absolute Gasteiger partial charge is 0.342 e. The Labute approximate surface area is 486 Å². The summed E-state index contributed by atoms with van der Waals surface area (Å²) in [5, 5.41) is 18.3. The lowest BCUT2D eigenvalue weighted by atomic mass is 9.92. The maximum absolute atomic E-state index is 15.0. The molecule has 18 heteroatoms. The Hall–Kier alpha value is -8.34. The zero-order valence-electron chi connectivity index (χ0n) is 45.0. The Morgan fingerprint density at radius 2 is 0.756 bits per heavy atom. The Morgan fingerprint density at radius 1 is 0.366 bits per heavy atom. The molecule has 0 unspecified atom stereocenters. The van der Waals surface area contributed by atoms with Gasteiger partial charge in [-0.2, -0.15) is 0 Å². The molecule has 6 N–H and O–H groups in total. The second kappa shape index (κ2) is 26.1. The number of hydrogen-bond donors (Lipinski definition) is 6. The predicted molar refractivity (Wildman–Crippen MR) is 311 cm³/mol. The molecule has 8 atom stereocenters. The molecule has 8 amide bonds. The van der Waals surface area contributed by atoms with Gasteiger partial charge in [-0.25, -0.2) is 0 Å². The van der Waals surface area contributed by atoms with Crippen molar-refractivity contribution >= 4 is 70.5 Å². The molecule has 4 saturated heterocycles. The first kappa shape index (κ1) is 56.9. The summed E-state index contributed by atoms with van der Waals surface area (Å²) in [6, 6.07) is 38.7. The number of nitrogens with zero attached hydrogens (tertiary/aromatic N) is 2. The van der Waals surface area contributed by atoms with E-state index in [0.717, 1.165) is 16.7 Å². The van der Waals surface area contributed by atoms with Gasteiger partial charge in [0.15, 0.2) is 0 Å². The van der Waals surface area contributed by atoms with Crippen molar-refractivity contribution in [3.8, 4) is 11.1 Å². The van der Waals surface area contributed by atoms with Crippen LogP contribution in [0.1, 0.15) is 59.1 Å². The molecule has 0 saturated carbocycles. The molecule has 6 aromatic carbocycles. The van der Waals surface area contributed by atoms with Crippen LogP contribution in [0.2, 0.25) is 10.0 Å². The lowest BCUT2D eigenvalue weighted by Gasteiger charge is -2.33. The number of amides is 8. The van der Waals surface area contributed by atoms with Crippen LogP contribution in [-0.4, -0.2) is 118 Å². The lowest BCUT2D eigenvalue weighted by Crippen LogP contribution is -2.62. The molecule has 0 spiro atoms. The molecular weight excluding hydrogens is 1080 g/mol. The average molecular weight is 1140 g/mol. The van der Waals surface area contributed by atoms with Crippen molar-refractivity contribution in [3.05, 3.63) is 201 Å². The van der Waals surface area contributed by atoms with Gasteiger partial charge in [0.2, 0.25) is 47.3 Å². The van der Waals surface area contributed by atoms with Gasteiger partial charge in [0.25, 0.3) is 0 Å². The van der Waals surface area contributed by atoms with E-state index in [2.05, 4.69) is 31.9 Å². The molecule has 4 fully saturated rings. The molecule has 6 aromatic rings. The van der Waals surface area contributed by atoms with Crippen LogP contribution in [0.15, 0.2) is 158 Å². The van der Waals surface area contributed by atoms with Gasteiger partial charge in [-0.15, -0.1) is 0 Å². The van der Waals surface area contributed by atoms with E-state index in [9.17, 15) is 33.6 Å². The molecule has 4 heterocycles. The van der Waals surface area contributed by atoms with E-state index >= 15 is 4.79 Å². The van der Waals surface area contributed by atoms with Gasteiger partial charge in [0.1, 0.15) is 48.3 Å². The fraction of sp³-hybridized carbons (Fsp3) is 0.312. The normalized spacial score (nSPS) is 23.7. The highest BCUT2D eigenvalue weighted by molar-refractivity contribution is 6.31. The Bertz CT molecular complexity index is 3350. The first-order valence-corrected chi connectivity index (χ1v) is 28.7. The number of halogens is 2.